The summed E-state index contributed by atoms with van der Waals surface area (Å²) >= 11 is 0. The van der Waals surface area contributed by atoms with Gasteiger partial charge in [-0.25, -0.2) is 4.39 Å². The summed E-state index contributed by atoms with van der Waals surface area (Å²) in [5.74, 6) is -0.846. The van der Waals surface area contributed by atoms with Crippen LogP contribution in [0.1, 0.15) is 37.5 Å². The Kier molecular flexibility index (Phi) is 7.11. The first-order chi connectivity index (χ1) is 12.8. The highest BCUT2D eigenvalue weighted by Gasteiger charge is 2.27. The van der Waals surface area contributed by atoms with Gasteiger partial charge in [-0.05, 0) is 44.9 Å². The maximum absolute atomic E-state index is 14.1. The monoisotopic (exact) mass is 370 g/mol. The van der Waals surface area contributed by atoms with Crippen LogP contribution in [0, 0.1) is 12.7 Å². The van der Waals surface area contributed by atoms with E-state index in [2.05, 4.69) is 5.32 Å². The lowest BCUT2D eigenvalue weighted by molar-refractivity contribution is -0.140. The molecule has 0 aromatic heterocycles. The van der Waals surface area contributed by atoms with Crippen molar-refractivity contribution in [3.05, 3.63) is 71.0 Å². The molecule has 2 aromatic rings. The fraction of sp³-hybridized carbons (Fsp3) is 0.364. The first-order valence-corrected chi connectivity index (χ1v) is 9.17. The summed E-state index contributed by atoms with van der Waals surface area (Å²) in [5.41, 5.74) is 2.30. The lowest BCUT2D eigenvalue weighted by Crippen LogP contribution is -2.49. The molecule has 0 saturated heterocycles. The minimum Gasteiger partial charge on any atom is -0.352 e. The zero-order valence-corrected chi connectivity index (χ0v) is 16.3. The number of carbonyl (C=O) groups is 2. The molecular formula is C22H27FN2O2. The molecule has 1 atom stereocenters. The molecule has 0 heterocycles. The number of benzene rings is 2. The van der Waals surface area contributed by atoms with Crippen molar-refractivity contribution in [1.29, 1.82) is 0 Å². The molecule has 2 aromatic carbocycles. The molecule has 2 rings (SSSR count). The molecule has 0 saturated carbocycles. The number of halogens is 1. The standard InChI is InChI=1S/C22H27FN2O2/c1-15(2)24-22(27)17(4)25(14-19-11-7-8-12-20(19)23)21(26)13-18-10-6-5-9-16(18)3/h5-12,15,17H,13-14H2,1-4H3,(H,24,27)/t17-/m0/s1. The maximum Gasteiger partial charge on any atom is 0.242 e. The Bertz CT molecular complexity index is 804. The molecule has 0 aliphatic heterocycles. The fourth-order valence-corrected chi connectivity index (χ4v) is 2.87. The van der Waals surface area contributed by atoms with Gasteiger partial charge < -0.3 is 10.2 Å². The van der Waals surface area contributed by atoms with E-state index in [0.29, 0.717) is 5.56 Å². The first-order valence-electron chi connectivity index (χ1n) is 9.17. The van der Waals surface area contributed by atoms with E-state index in [-0.39, 0.29) is 36.6 Å². The molecule has 144 valence electrons. The quantitative estimate of drug-likeness (QED) is 0.809. The van der Waals surface area contributed by atoms with Gasteiger partial charge in [0, 0.05) is 18.2 Å². The molecule has 0 radical (unpaired) electrons. The number of hydrogen-bond donors (Lipinski definition) is 1. The molecule has 0 spiro atoms. The Hall–Kier alpha value is -2.69. The van der Waals surface area contributed by atoms with E-state index in [0.717, 1.165) is 11.1 Å². The summed E-state index contributed by atoms with van der Waals surface area (Å²) in [6.45, 7) is 7.39. The van der Waals surface area contributed by atoms with Crippen molar-refractivity contribution in [3.63, 3.8) is 0 Å². The molecule has 0 unspecified atom stereocenters. The topological polar surface area (TPSA) is 49.4 Å². The minimum absolute atomic E-state index is 0.0401. The van der Waals surface area contributed by atoms with Crippen molar-refractivity contribution >= 4 is 11.8 Å². The van der Waals surface area contributed by atoms with Crippen LogP contribution in [0.2, 0.25) is 0 Å². The summed E-state index contributed by atoms with van der Waals surface area (Å²) in [5, 5.41) is 2.83. The number of rotatable bonds is 7. The minimum atomic E-state index is -0.705. The van der Waals surface area contributed by atoms with Crippen LogP contribution in [0.3, 0.4) is 0 Å². The largest absolute Gasteiger partial charge is 0.352 e. The summed E-state index contributed by atoms with van der Waals surface area (Å²) in [7, 11) is 0. The average molecular weight is 370 g/mol. The molecule has 27 heavy (non-hydrogen) atoms. The van der Waals surface area contributed by atoms with Gasteiger partial charge in [0.15, 0.2) is 0 Å². The first kappa shape index (κ1) is 20.6. The molecular weight excluding hydrogens is 343 g/mol. The summed E-state index contributed by atoms with van der Waals surface area (Å²) < 4.78 is 14.1. The van der Waals surface area contributed by atoms with E-state index >= 15 is 0 Å². The third-order valence-corrected chi connectivity index (χ3v) is 4.50. The van der Waals surface area contributed by atoms with E-state index in [9.17, 15) is 14.0 Å². The van der Waals surface area contributed by atoms with Gasteiger partial charge >= 0.3 is 0 Å². The van der Waals surface area contributed by atoms with Crippen LogP contribution in [0.5, 0.6) is 0 Å². The molecule has 2 amide bonds. The second-order valence-electron chi connectivity index (χ2n) is 7.06. The SMILES string of the molecule is Cc1ccccc1CC(=O)N(Cc1ccccc1F)[C@@H](C)C(=O)NC(C)C. The zero-order chi connectivity index (χ0) is 20.0. The molecule has 0 bridgehead atoms. The summed E-state index contributed by atoms with van der Waals surface area (Å²) in [6, 6.07) is 13.2. The normalized spacial score (nSPS) is 11.9. The van der Waals surface area contributed by atoms with E-state index in [1.807, 2.05) is 45.0 Å². The summed E-state index contributed by atoms with van der Waals surface area (Å²) in [6.07, 6.45) is 0.167. The Morgan fingerprint density at radius 2 is 1.59 bits per heavy atom. The van der Waals surface area contributed by atoms with Crippen LogP contribution in [0.4, 0.5) is 4.39 Å². The van der Waals surface area contributed by atoms with Crippen molar-refractivity contribution < 1.29 is 14.0 Å². The molecule has 0 aliphatic rings. The number of nitrogens with one attached hydrogen (secondary N) is 1. The number of amides is 2. The van der Waals surface area contributed by atoms with Crippen molar-refractivity contribution in [1.82, 2.24) is 10.2 Å². The summed E-state index contributed by atoms with van der Waals surface area (Å²) in [4.78, 5) is 27.0. The Morgan fingerprint density at radius 3 is 2.19 bits per heavy atom. The van der Waals surface area contributed by atoms with Gasteiger partial charge in [0.05, 0.1) is 6.42 Å². The van der Waals surface area contributed by atoms with Gasteiger partial charge in [-0.1, -0.05) is 42.5 Å². The van der Waals surface area contributed by atoms with Crippen LogP contribution in [-0.4, -0.2) is 28.8 Å². The van der Waals surface area contributed by atoms with E-state index in [4.69, 9.17) is 0 Å². The molecule has 0 aliphatic carbocycles. The van der Waals surface area contributed by atoms with E-state index in [1.54, 1.807) is 25.1 Å². The van der Waals surface area contributed by atoms with Crippen LogP contribution in [0.25, 0.3) is 0 Å². The van der Waals surface area contributed by atoms with E-state index < -0.39 is 6.04 Å². The molecule has 5 heteroatoms. The maximum atomic E-state index is 14.1. The van der Waals surface area contributed by atoms with E-state index in [1.165, 1.54) is 11.0 Å². The van der Waals surface area contributed by atoms with Gasteiger partial charge in [-0.15, -0.1) is 0 Å². The highest BCUT2D eigenvalue weighted by atomic mass is 19.1. The fourth-order valence-electron chi connectivity index (χ4n) is 2.87. The third kappa shape index (κ3) is 5.64. The lowest BCUT2D eigenvalue weighted by atomic mass is 10.0. The zero-order valence-electron chi connectivity index (χ0n) is 16.3. The van der Waals surface area contributed by atoms with Crippen LogP contribution in [0.15, 0.2) is 48.5 Å². The number of hydrogen-bond acceptors (Lipinski definition) is 2. The molecule has 1 N–H and O–H groups in total. The van der Waals surface area contributed by atoms with Crippen molar-refractivity contribution in [2.24, 2.45) is 0 Å². The Morgan fingerprint density at radius 1 is 1.00 bits per heavy atom. The van der Waals surface area contributed by atoms with Crippen LogP contribution < -0.4 is 5.32 Å². The second-order valence-corrected chi connectivity index (χ2v) is 7.06. The third-order valence-electron chi connectivity index (χ3n) is 4.50. The van der Waals surface area contributed by atoms with Gasteiger partial charge in [0.2, 0.25) is 11.8 Å². The van der Waals surface area contributed by atoms with Gasteiger partial charge in [0.1, 0.15) is 11.9 Å². The predicted octanol–water partition coefficient (Wildman–Crippen LogP) is 3.62. The lowest BCUT2D eigenvalue weighted by Gasteiger charge is -2.29. The second kappa shape index (κ2) is 9.31. The van der Waals surface area contributed by atoms with Gasteiger partial charge in [-0.3, -0.25) is 9.59 Å². The predicted molar refractivity (Wildman–Crippen MR) is 105 cm³/mol. The number of aryl methyl sites for hydroxylation is 1. The molecule has 4 nitrogen and oxygen atoms in total. The highest BCUT2D eigenvalue weighted by Crippen LogP contribution is 2.16. The number of carbonyl (C=O) groups excluding carboxylic acids is 2. The smallest absolute Gasteiger partial charge is 0.242 e. The van der Waals surface area contributed by atoms with Crippen LogP contribution >= 0.6 is 0 Å². The van der Waals surface area contributed by atoms with Crippen molar-refractivity contribution in [2.45, 2.75) is 52.7 Å². The highest BCUT2D eigenvalue weighted by molar-refractivity contribution is 5.88. The van der Waals surface area contributed by atoms with Crippen LogP contribution in [-0.2, 0) is 22.6 Å². The van der Waals surface area contributed by atoms with Gasteiger partial charge in [0.25, 0.3) is 0 Å². The van der Waals surface area contributed by atoms with Gasteiger partial charge in [-0.2, -0.15) is 0 Å². The Labute approximate surface area is 160 Å². The van der Waals surface area contributed by atoms with Crippen molar-refractivity contribution in [2.75, 3.05) is 0 Å². The Balaban J connectivity index is 2.27. The van der Waals surface area contributed by atoms with Crippen molar-refractivity contribution in [3.8, 4) is 0 Å². The average Bonchev–Trinajstić information content (AvgIpc) is 2.61. The molecule has 0 fully saturated rings. The number of nitrogens with zero attached hydrogens (tertiary/aromatic N) is 1.